The zero-order valence-electron chi connectivity index (χ0n) is 18.0. The van der Waals surface area contributed by atoms with Gasteiger partial charge in [-0.15, -0.1) is 0 Å². The van der Waals surface area contributed by atoms with Crippen molar-refractivity contribution >= 4 is 12.0 Å². The maximum Gasteiger partial charge on any atom is 0.308 e. The number of phenols is 1. The van der Waals surface area contributed by atoms with Gasteiger partial charge in [0.15, 0.2) is 0 Å². The van der Waals surface area contributed by atoms with Crippen LogP contribution in [-0.4, -0.2) is 22.8 Å². The molecule has 3 aromatic rings. The number of ether oxygens (including phenoxy) is 3. The number of carbonyl (C=O) groups excluding carboxylic acids is 1. The first-order valence-corrected chi connectivity index (χ1v) is 10.3. The monoisotopic (exact) mass is 434 g/mol. The van der Waals surface area contributed by atoms with E-state index in [0.717, 1.165) is 5.56 Å². The number of esters is 1. The van der Waals surface area contributed by atoms with Crippen LogP contribution in [0.2, 0.25) is 0 Å². The van der Waals surface area contributed by atoms with Crippen molar-refractivity contribution in [3.63, 3.8) is 0 Å². The van der Waals surface area contributed by atoms with Crippen LogP contribution in [0.15, 0.2) is 72.8 Å². The van der Waals surface area contributed by atoms with E-state index < -0.39 is 12.1 Å². The third-order valence-corrected chi connectivity index (χ3v) is 4.57. The van der Waals surface area contributed by atoms with Gasteiger partial charge in [-0.2, -0.15) is 0 Å². The average molecular weight is 434 g/mol. The van der Waals surface area contributed by atoms with Gasteiger partial charge in [-0.05, 0) is 36.8 Å². The van der Waals surface area contributed by atoms with E-state index in [-0.39, 0.29) is 11.5 Å². The molecule has 0 fully saturated rings. The fourth-order valence-electron chi connectivity index (χ4n) is 3.07. The van der Waals surface area contributed by atoms with Crippen molar-refractivity contribution in [2.24, 2.45) is 0 Å². The van der Waals surface area contributed by atoms with E-state index in [1.807, 2.05) is 37.3 Å². The minimum atomic E-state index is -0.982. The number of aliphatic hydroxyl groups excluding tert-OH is 1. The molecule has 0 bridgehead atoms. The Morgan fingerprint density at radius 2 is 1.75 bits per heavy atom. The fraction of sp³-hybridized carbons (Fsp3) is 0.192. The zero-order chi connectivity index (χ0) is 22.9. The van der Waals surface area contributed by atoms with Crippen molar-refractivity contribution in [3.8, 4) is 23.0 Å². The molecule has 1 unspecified atom stereocenters. The molecule has 0 aliphatic carbocycles. The lowest BCUT2D eigenvalue weighted by molar-refractivity contribution is -0.131. The Hall–Kier alpha value is -3.77. The molecule has 0 aliphatic rings. The Bertz CT molecular complexity index is 1070. The standard InChI is InChI=1S/C26H26O6/c1-3-30-21-12-13-23(26(16-21)31-17-19-7-5-4-6-8-19)24(28)14-10-20-9-11-22(15-25(20)29)32-18(2)27/h4-16,24,28-29H,3,17H2,1-2H3. The summed E-state index contributed by atoms with van der Waals surface area (Å²) in [6.07, 6.45) is 2.16. The van der Waals surface area contributed by atoms with E-state index in [2.05, 4.69) is 0 Å². The third-order valence-electron chi connectivity index (χ3n) is 4.57. The molecule has 0 aliphatic heterocycles. The summed E-state index contributed by atoms with van der Waals surface area (Å²) in [5.74, 6) is 0.859. The van der Waals surface area contributed by atoms with Crippen LogP contribution < -0.4 is 14.2 Å². The number of rotatable bonds is 9. The summed E-state index contributed by atoms with van der Waals surface area (Å²) in [6, 6.07) is 19.5. The van der Waals surface area contributed by atoms with Gasteiger partial charge < -0.3 is 24.4 Å². The molecule has 0 saturated carbocycles. The SMILES string of the molecule is CCOc1ccc(C(O)C=Cc2ccc(OC(C)=O)cc2O)c(OCc2ccccc2)c1. The predicted octanol–water partition coefficient (Wildman–Crippen LogP) is 5.04. The number of aromatic hydroxyl groups is 1. The summed E-state index contributed by atoms with van der Waals surface area (Å²) in [5.41, 5.74) is 2.04. The van der Waals surface area contributed by atoms with Crippen molar-refractivity contribution < 1.29 is 29.2 Å². The van der Waals surface area contributed by atoms with E-state index in [1.54, 1.807) is 42.5 Å². The molecule has 0 amide bonds. The van der Waals surface area contributed by atoms with Crippen molar-refractivity contribution in [3.05, 3.63) is 89.5 Å². The Morgan fingerprint density at radius 3 is 2.44 bits per heavy atom. The van der Waals surface area contributed by atoms with Crippen molar-refractivity contribution in [2.75, 3.05) is 6.61 Å². The smallest absolute Gasteiger partial charge is 0.308 e. The topological polar surface area (TPSA) is 85.2 Å². The number of hydrogen-bond donors (Lipinski definition) is 2. The number of aliphatic hydroxyl groups is 1. The van der Waals surface area contributed by atoms with Crippen molar-refractivity contribution in [1.29, 1.82) is 0 Å². The lowest BCUT2D eigenvalue weighted by Crippen LogP contribution is -2.03. The van der Waals surface area contributed by atoms with E-state index in [4.69, 9.17) is 14.2 Å². The molecule has 0 radical (unpaired) electrons. The molecule has 0 saturated heterocycles. The quantitative estimate of drug-likeness (QED) is 0.362. The molecule has 166 valence electrons. The number of phenolic OH excluding ortho intramolecular Hbond substituents is 1. The van der Waals surface area contributed by atoms with E-state index in [0.29, 0.717) is 35.8 Å². The maximum absolute atomic E-state index is 11.1. The molecule has 3 rings (SSSR count). The van der Waals surface area contributed by atoms with Gasteiger partial charge in [-0.3, -0.25) is 4.79 Å². The largest absolute Gasteiger partial charge is 0.507 e. The molecule has 0 spiro atoms. The van der Waals surface area contributed by atoms with Gasteiger partial charge in [0.05, 0.1) is 6.61 Å². The van der Waals surface area contributed by atoms with Gasteiger partial charge in [0.25, 0.3) is 0 Å². The number of carbonyl (C=O) groups is 1. The molecule has 1 atom stereocenters. The van der Waals surface area contributed by atoms with Gasteiger partial charge >= 0.3 is 5.97 Å². The highest BCUT2D eigenvalue weighted by atomic mass is 16.5. The van der Waals surface area contributed by atoms with Crippen LogP contribution in [0.5, 0.6) is 23.0 Å². The highest BCUT2D eigenvalue weighted by Gasteiger charge is 2.14. The normalized spacial score (nSPS) is 11.8. The molecular weight excluding hydrogens is 408 g/mol. The molecule has 0 aromatic heterocycles. The van der Waals surface area contributed by atoms with Crippen LogP contribution in [0, 0.1) is 0 Å². The first-order valence-electron chi connectivity index (χ1n) is 10.3. The van der Waals surface area contributed by atoms with Gasteiger partial charge in [-0.1, -0.05) is 42.5 Å². The summed E-state index contributed by atoms with van der Waals surface area (Å²) in [7, 11) is 0. The number of benzene rings is 3. The van der Waals surface area contributed by atoms with Crippen LogP contribution in [0.3, 0.4) is 0 Å². The Kier molecular flexibility index (Phi) is 7.89. The second-order valence-electron chi connectivity index (χ2n) is 7.03. The summed E-state index contributed by atoms with van der Waals surface area (Å²) in [5, 5.41) is 21.0. The summed E-state index contributed by atoms with van der Waals surface area (Å²) in [6.45, 7) is 4.05. The van der Waals surface area contributed by atoms with Crippen LogP contribution >= 0.6 is 0 Å². The Labute approximate surface area is 187 Å². The van der Waals surface area contributed by atoms with Crippen LogP contribution in [0.1, 0.15) is 36.6 Å². The van der Waals surface area contributed by atoms with Gasteiger partial charge in [-0.25, -0.2) is 0 Å². The molecule has 0 heterocycles. The molecule has 2 N–H and O–H groups in total. The first-order chi connectivity index (χ1) is 15.5. The highest BCUT2D eigenvalue weighted by Crippen LogP contribution is 2.32. The van der Waals surface area contributed by atoms with Crippen LogP contribution in [0.25, 0.3) is 6.08 Å². The predicted molar refractivity (Wildman–Crippen MR) is 122 cm³/mol. The molecule has 32 heavy (non-hydrogen) atoms. The Morgan fingerprint density at radius 1 is 1.00 bits per heavy atom. The fourth-order valence-corrected chi connectivity index (χ4v) is 3.07. The lowest BCUT2D eigenvalue weighted by Gasteiger charge is -2.16. The van der Waals surface area contributed by atoms with E-state index in [1.165, 1.54) is 13.0 Å². The molecule has 6 heteroatoms. The third kappa shape index (κ3) is 6.36. The number of hydrogen-bond acceptors (Lipinski definition) is 6. The van der Waals surface area contributed by atoms with Gasteiger partial charge in [0, 0.05) is 30.2 Å². The second kappa shape index (κ2) is 11.0. The average Bonchev–Trinajstić information content (AvgIpc) is 2.77. The zero-order valence-corrected chi connectivity index (χ0v) is 18.0. The molecule has 3 aromatic carbocycles. The van der Waals surface area contributed by atoms with E-state index in [9.17, 15) is 15.0 Å². The maximum atomic E-state index is 11.1. The molecule has 6 nitrogen and oxygen atoms in total. The Balaban J connectivity index is 1.80. The van der Waals surface area contributed by atoms with E-state index >= 15 is 0 Å². The van der Waals surface area contributed by atoms with Crippen molar-refractivity contribution in [1.82, 2.24) is 0 Å². The van der Waals surface area contributed by atoms with Crippen LogP contribution in [0.4, 0.5) is 0 Å². The minimum absolute atomic E-state index is 0.0700. The molecular formula is C26H26O6. The van der Waals surface area contributed by atoms with Crippen molar-refractivity contribution in [2.45, 2.75) is 26.6 Å². The highest BCUT2D eigenvalue weighted by molar-refractivity contribution is 5.70. The second-order valence-corrected chi connectivity index (χ2v) is 7.03. The first kappa shape index (κ1) is 22.9. The summed E-state index contributed by atoms with van der Waals surface area (Å²) in [4.78, 5) is 11.1. The minimum Gasteiger partial charge on any atom is -0.507 e. The van der Waals surface area contributed by atoms with Crippen LogP contribution in [-0.2, 0) is 11.4 Å². The van der Waals surface area contributed by atoms with Gasteiger partial charge in [0.1, 0.15) is 35.7 Å². The van der Waals surface area contributed by atoms with Gasteiger partial charge in [0.2, 0.25) is 0 Å². The lowest BCUT2D eigenvalue weighted by atomic mass is 10.1. The summed E-state index contributed by atoms with van der Waals surface area (Å²) >= 11 is 0. The summed E-state index contributed by atoms with van der Waals surface area (Å²) < 4.78 is 16.5.